The van der Waals surface area contributed by atoms with Crippen molar-refractivity contribution in [1.82, 2.24) is 10.2 Å². The first-order valence-corrected chi connectivity index (χ1v) is 7.33. The number of likely N-dealkylation sites (tertiary alicyclic amines) is 1. The second-order valence-electron chi connectivity index (χ2n) is 5.25. The Balaban J connectivity index is 2.54. The van der Waals surface area contributed by atoms with Crippen molar-refractivity contribution >= 4 is 11.9 Å². The van der Waals surface area contributed by atoms with E-state index in [4.69, 9.17) is 4.74 Å². The van der Waals surface area contributed by atoms with Gasteiger partial charge in [0.15, 0.2) is 0 Å². The summed E-state index contributed by atoms with van der Waals surface area (Å²) < 4.78 is 4.93. The number of nitrogens with one attached hydrogen (secondary N) is 1. The molecule has 1 saturated heterocycles. The number of carboxylic acids is 1. The molecule has 0 spiro atoms. The largest absolute Gasteiger partial charge is 0.480 e. The summed E-state index contributed by atoms with van der Waals surface area (Å²) in [7, 11) is 1.62. The third kappa shape index (κ3) is 5.09. The van der Waals surface area contributed by atoms with E-state index in [0.29, 0.717) is 26.1 Å². The Bertz CT molecular complexity index is 322. The van der Waals surface area contributed by atoms with Gasteiger partial charge in [0, 0.05) is 20.3 Å². The minimum absolute atomic E-state index is 0.103. The van der Waals surface area contributed by atoms with Crippen molar-refractivity contribution in [3.63, 3.8) is 0 Å². The number of carboxylic acid groups (broad SMARTS) is 1. The first-order valence-electron chi connectivity index (χ1n) is 7.33. The van der Waals surface area contributed by atoms with Crippen LogP contribution in [0.1, 0.15) is 39.0 Å². The molecule has 1 rings (SSSR count). The predicted octanol–water partition coefficient (Wildman–Crippen LogP) is 0.857. The van der Waals surface area contributed by atoms with Gasteiger partial charge in [-0.3, -0.25) is 14.5 Å². The quantitative estimate of drug-likeness (QED) is 0.679. The van der Waals surface area contributed by atoms with Gasteiger partial charge in [-0.1, -0.05) is 12.8 Å². The van der Waals surface area contributed by atoms with Crippen LogP contribution in [-0.4, -0.2) is 60.8 Å². The third-order valence-corrected chi connectivity index (χ3v) is 3.78. The summed E-state index contributed by atoms with van der Waals surface area (Å²) in [5.41, 5.74) is 0. The molecule has 1 aliphatic rings. The number of ether oxygens (including phenoxy) is 1. The van der Waals surface area contributed by atoms with Gasteiger partial charge in [0.1, 0.15) is 6.04 Å². The molecule has 2 N–H and O–H groups in total. The number of hydrogen-bond acceptors (Lipinski definition) is 4. The molecule has 0 aromatic heterocycles. The zero-order valence-corrected chi connectivity index (χ0v) is 12.4. The van der Waals surface area contributed by atoms with Crippen LogP contribution in [0, 0.1) is 0 Å². The summed E-state index contributed by atoms with van der Waals surface area (Å²) in [6.07, 6.45) is 4.27. The highest BCUT2D eigenvalue weighted by Crippen LogP contribution is 2.19. The lowest BCUT2D eigenvalue weighted by molar-refractivity contribution is -0.145. The number of rotatable bonds is 7. The van der Waals surface area contributed by atoms with Crippen molar-refractivity contribution in [2.75, 3.05) is 26.8 Å². The fourth-order valence-corrected chi connectivity index (χ4v) is 2.59. The molecule has 116 valence electrons. The number of hydrogen-bond donors (Lipinski definition) is 2. The highest BCUT2D eigenvalue weighted by Gasteiger charge is 2.33. The maximum absolute atomic E-state index is 12.1. The summed E-state index contributed by atoms with van der Waals surface area (Å²) in [5.74, 6) is -0.930. The second kappa shape index (κ2) is 8.92. The van der Waals surface area contributed by atoms with Crippen molar-refractivity contribution in [1.29, 1.82) is 0 Å². The Kier molecular flexibility index (Phi) is 7.54. The van der Waals surface area contributed by atoms with Gasteiger partial charge in [0.2, 0.25) is 5.91 Å². The minimum Gasteiger partial charge on any atom is -0.480 e. The molecular weight excluding hydrogens is 260 g/mol. The minimum atomic E-state index is -0.828. The Morgan fingerprint density at radius 1 is 1.40 bits per heavy atom. The van der Waals surface area contributed by atoms with Gasteiger partial charge in [-0.2, -0.15) is 0 Å². The summed E-state index contributed by atoms with van der Waals surface area (Å²) >= 11 is 0. The van der Waals surface area contributed by atoms with E-state index < -0.39 is 18.1 Å². The summed E-state index contributed by atoms with van der Waals surface area (Å²) in [6, 6.07) is -0.950. The number of nitrogens with zero attached hydrogens (tertiary/aromatic N) is 1. The van der Waals surface area contributed by atoms with Crippen LogP contribution in [0.3, 0.4) is 0 Å². The van der Waals surface area contributed by atoms with Crippen LogP contribution >= 0.6 is 0 Å². The van der Waals surface area contributed by atoms with Gasteiger partial charge >= 0.3 is 5.97 Å². The Hall–Kier alpha value is -1.14. The van der Waals surface area contributed by atoms with Gasteiger partial charge in [-0.15, -0.1) is 0 Å². The average Bonchev–Trinajstić information content (AvgIpc) is 2.68. The molecule has 0 radical (unpaired) electrons. The molecule has 0 saturated carbocycles. The zero-order chi connectivity index (χ0) is 15.0. The van der Waals surface area contributed by atoms with Gasteiger partial charge in [-0.05, 0) is 32.7 Å². The molecule has 6 heteroatoms. The first kappa shape index (κ1) is 16.9. The maximum Gasteiger partial charge on any atom is 0.320 e. The normalized spacial score (nSPS) is 22.0. The van der Waals surface area contributed by atoms with E-state index in [-0.39, 0.29) is 5.91 Å². The van der Waals surface area contributed by atoms with E-state index in [1.807, 2.05) is 4.90 Å². The number of carbonyl (C=O) groups excluding carboxylic acids is 1. The van der Waals surface area contributed by atoms with Crippen molar-refractivity contribution < 1.29 is 19.4 Å². The molecule has 0 aromatic carbocycles. The van der Waals surface area contributed by atoms with Crippen LogP contribution in [0.25, 0.3) is 0 Å². The summed E-state index contributed by atoms with van der Waals surface area (Å²) in [6.45, 7) is 3.62. The van der Waals surface area contributed by atoms with Crippen molar-refractivity contribution in [3.05, 3.63) is 0 Å². The van der Waals surface area contributed by atoms with E-state index in [1.54, 1.807) is 14.0 Å². The fourth-order valence-electron chi connectivity index (χ4n) is 2.59. The van der Waals surface area contributed by atoms with Crippen LogP contribution in [0.4, 0.5) is 0 Å². The van der Waals surface area contributed by atoms with Crippen LogP contribution in [0.2, 0.25) is 0 Å². The lowest BCUT2D eigenvalue weighted by atomic mass is 10.1. The lowest BCUT2D eigenvalue weighted by Gasteiger charge is -2.31. The van der Waals surface area contributed by atoms with E-state index in [0.717, 1.165) is 25.7 Å². The number of carbonyl (C=O) groups is 2. The molecule has 20 heavy (non-hydrogen) atoms. The Morgan fingerprint density at radius 2 is 2.15 bits per heavy atom. The van der Waals surface area contributed by atoms with Crippen molar-refractivity contribution in [2.24, 2.45) is 0 Å². The SMILES string of the molecule is COCCCNC(=O)C(C)N1CCCCCC1C(=O)O. The van der Waals surface area contributed by atoms with Crippen molar-refractivity contribution in [2.45, 2.75) is 51.1 Å². The molecule has 2 atom stereocenters. The zero-order valence-electron chi connectivity index (χ0n) is 12.4. The summed E-state index contributed by atoms with van der Waals surface area (Å²) in [5, 5.41) is 12.2. The van der Waals surface area contributed by atoms with E-state index >= 15 is 0 Å². The molecule has 0 bridgehead atoms. The molecule has 1 amide bonds. The molecule has 1 fully saturated rings. The van der Waals surface area contributed by atoms with Crippen LogP contribution < -0.4 is 5.32 Å². The predicted molar refractivity (Wildman–Crippen MR) is 75.6 cm³/mol. The smallest absolute Gasteiger partial charge is 0.320 e. The van der Waals surface area contributed by atoms with Crippen LogP contribution in [0.15, 0.2) is 0 Å². The molecule has 0 aromatic rings. The van der Waals surface area contributed by atoms with E-state index in [1.165, 1.54) is 0 Å². The molecule has 1 aliphatic heterocycles. The van der Waals surface area contributed by atoms with E-state index in [9.17, 15) is 14.7 Å². The second-order valence-corrected chi connectivity index (χ2v) is 5.25. The molecular formula is C14H26N2O4. The van der Waals surface area contributed by atoms with Crippen molar-refractivity contribution in [3.8, 4) is 0 Å². The standard InChI is InChI=1S/C14H26N2O4/c1-11(13(17)15-8-6-10-20-2)16-9-5-3-4-7-12(16)14(18)19/h11-12H,3-10H2,1-2H3,(H,15,17)(H,18,19). The molecule has 2 unspecified atom stereocenters. The topological polar surface area (TPSA) is 78.9 Å². The monoisotopic (exact) mass is 286 g/mol. The van der Waals surface area contributed by atoms with Crippen LogP contribution in [-0.2, 0) is 14.3 Å². The van der Waals surface area contributed by atoms with Gasteiger partial charge < -0.3 is 15.2 Å². The van der Waals surface area contributed by atoms with Crippen LogP contribution in [0.5, 0.6) is 0 Å². The van der Waals surface area contributed by atoms with Gasteiger partial charge in [0.25, 0.3) is 0 Å². The number of aliphatic carboxylic acids is 1. The average molecular weight is 286 g/mol. The number of methoxy groups -OCH3 is 1. The Labute approximate surface area is 120 Å². The van der Waals surface area contributed by atoms with Gasteiger partial charge in [-0.25, -0.2) is 0 Å². The van der Waals surface area contributed by atoms with E-state index in [2.05, 4.69) is 5.32 Å². The highest BCUT2D eigenvalue weighted by atomic mass is 16.5. The number of amides is 1. The van der Waals surface area contributed by atoms with Gasteiger partial charge in [0.05, 0.1) is 6.04 Å². The molecule has 0 aliphatic carbocycles. The third-order valence-electron chi connectivity index (χ3n) is 3.78. The first-order chi connectivity index (χ1) is 9.57. The highest BCUT2D eigenvalue weighted by molar-refractivity contribution is 5.82. The molecule has 6 nitrogen and oxygen atoms in total. The summed E-state index contributed by atoms with van der Waals surface area (Å²) in [4.78, 5) is 25.3. The fraction of sp³-hybridized carbons (Fsp3) is 0.857. The Morgan fingerprint density at radius 3 is 2.80 bits per heavy atom. The maximum atomic E-state index is 12.1. The lowest BCUT2D eigenvalue weighted by Crippen LogP contribution is -2.52. The molecule has 1 heterocycles.